The van der Waals surface area contributed by atoms with Gasteiger partial charge in [0, 0.05) is 26.1 Å². The zero-order chi connectivity index (χ0) is 13.1. The molecule has 0 aliphatic carbocycles. The second kappa shape index (κ2) is 5.56. The molecular weight excluding hydrogens is 244 g/mol. The van der Waals surface area contributed by atoms with Crippen molar-refractivity contribution in [2.75, 3.05) is 26.4 Å². The molecule has 1 N–H and O–H groups in total. The number of ether oxygens (including phenoxy) is 2. The lowest BCUT2D eigenvalue weighted by atomic mass is 9.90. The predicted molar refractivity (Wildman–Crippen MR) is 69.8 cm³/mol. The normalized spacial score (nSPS) is 31.1. The summed E-state index contributed by atoms with van der Waals surface area (Å²) in [5.74, 6) is 0.866. The fraction of sp³-hybridized carbons (Fsp3) is 0.846. The fourth-order valence-electron chi connectivity index (χ4n) is 2.90. The van der Waals surface area contributed by atoms with Crippen LogP contribution in [0.4, 0.5) is 0 Å². The first-order valence-electron chi connectivity index (χ1n) is 7.14. The Morgan fingerprint density at radius 3 is 3.26 bits per heavy atom. The summed E-state index contributed by atoms with van der Waals surface area (Å²) in [6.07, 6.45) is 4.84. The van der Waals surface area contributed by atoms with Crippen molar-refractivity contribution in [2.45, 2.75) is 44.4 Å². The molecule has 106 valence electrons. The molecule has 1 spiro atoms. The molecule has 3 heterocycles. The molecule has 0 amide bonds. The maximum atomic E-state index is 5.95. The van der Waals surface area contributed by atoms with Crippen LogP contribution in [0.3, 0.4) is 0 Å². The minimum Gasteiger partial charge on any atom is -0.378 e. The first-order valence-corrected chi connectivity index (χ1v) is 7.14. The quantitative estimate of drug-likeness (QED) is 0.877. The third-order valence-electron chi connectivity index (χ3n) is 4.00. The first kappa shape index (κ1) is 13.0. The van der Waals surface area contributed by atoms with Crippen LogP contribution in [0.15, 0.2) is 6.33 Å². The molecule has 0 bridgehead atoms. The molecule has 2 aliphatic rings. The Kier molecular flexibility index (Phi) is 3.81. The van der Waals surface area contributed by atoms with Crippen LogP contribution in [-0.2, 0) is 16.0 Å². The third-order valence-corrected chi connectivity index (χ3v) is 4.00. The van der Waals surface area contributed by atoms with Gasteiger partial charge in [0.1, 0.15) is 6.33 Å². The van der Waals surface area contributed by atoms with Crippen LogP contribution in [0.1, 0.15) is 38.1 Å². The van der Waals surface area contributed by atoms with Gasteiger partial charge in [-0.05, 0) is 13.0 Å². The molecular formula is C13H22N4O2. The average molecular weight is 266 g/mol. The summed E-state index contributed by atoms with van der Waals surface area (Å²) in [4.78, 5) is 4.36. The Morgan fingerprint density at radius 1 is 1.53 bits per heavy atom. The van der Waals surface area contributed by atoms with E-state index in [0.29, 0.717) is 6.04 Å². The Labute approximate surface area is 113 Å². The third kappa shape index (κ3) is 2.80. The van der Waals surface area contributed by atoms with E-state index in [-0.39, 0.29) is 5.60 Å². The van der Waals surface area contributed by atoms with Crippen LogP contribution < -0.4 is 5.32 Å². The largest absolute Gasteiger partial charge is 0.378 e. The van der Waals surface area contributed by atoms with Gasteiger partial charge in [-0.25, -0.2) is 9.67 Å². The summed E-state index contributed by atoms with van der Waals surface area (Å²) in [6.45, 7) is 6.08. The van der Waals surface area contributed by atoms with Gasteiger partial charge in [-0.15, -0.1) is 0 Å². The molecule has 6 heteroatoms. The van der Waals surface area contributed by atoms with Gasteiger partial charge in [-0.3, -0.25) is 0 Å². The van der Waals surface area contributed by atoms with Crippen molar-refractivity contribution in [2.24, 2.45) is 0 Å². The van der Waals surface area contributed by atoms with Crippen molar-refractivity contribution >= 4 is 0 Å². The minimum atomic E-state index is -0.0727. The van der Waals surface area contributed by atoms with Gasteiger partial charge in [0.15, 0.2) is 5.82 Å². The van der Waals surface area contributed by atoms with Crippen LogP contribution >= 0.6 is 0 Å². The highest BCUT2D eigenvalue weighted by Crippen LogP contribution is 2.37. The summed E-state index contributed by atoms with van der Waals surface area (Å²) in [7, 11) is 0. The number of nitrogens with one attached hydrogen (secondary N) is 1. The van der Waals surface area contributed by atoms with Crippen molar-refractivity contribution in [1.29, 1.82) is 0 Å². The lowest BCUT2D eigenvalue weighted by Crippen LogP contribution is -2.41. The van der Waals surface area contributed by atoms with Gasteiger partial charge in [0.05, 0.1) is 24.8 Å². The van der Waals surface area contributed by atoms with Crippen molar-refractivity contribution in [1.82, 2.24) is 20.1 Å². The molecule has 1 aromatic rings. The summed E-state index contributed by atoms with van der Waals surface area (Å²) in [5, 5.41) is 7.82. The van der Waals surface area contributed by atoms with Gasteiger partial charge in [0.25, 0.3) is 0 Å². The zero-order valence-corrected chi connectivity index (χ0v) is 11.5. The van der Waals surface area contributed by atoms with Gasteiger partial charge in [-0.1, -0.05) is 6.92 Å². The highest BCUT2D eigenvalue weighted by molar-refractivity contribution is 4.93. The minimum absolute atomic E-state index is 0.0727. The maximum absolute atomic E-state index is 5.95. The average Bonchev–Trinajstić information content (AvgIpc) is 3.06. The topological polar surface area (TPSA) is 61.2 Å². The van der Waals surface area contributed by atoms with Crippen molar-refractivity contribution in [3.05, 3.63) is 12.2 Å². The summed E-state index contributed by atoms with van der Waals surface area (Å²) in [6, 6.07) is 0.387. The molecule has 2 fully saturated rings. The number of hydrogen-bond donors (Lipinski definition) is 1. The van der Waals surface area contributed by atoms with E-state index in [9.17, 15) is 0 Å². The summed E-state index contributed by atoms with van der Waals surface area (Å²) < 4.78 is 13.5. The predicted octanol–water partition coefficient (Wildman–Crippen LogP) is 0.898. The Balaban J connectivity index is 1.66. The van der Waals surface area contributed by atoms with E-state index in [1.165, 1.54) is 0 Å². The van der Waals surface area contributed by atoms with Gasteiger partial charge in [-0.2, -0.15) is 5.10 Å². The number of rotatable bonds is 4. The van der Waals surface area contributed by atoms with Crippen LogP contribution in [0.5, 0.6) is 0 Å². The van der Waals surface area contributed by atoms with E-state index >= 15 is 0 Å². The van der Waals surface area contributed by atoms with Gasteiger partial charge in [0.2, 0.25) is 0 Å². The lowest BCUT2D eigenvalue weighted by Gasteiger charge is -2.36. The van der Waals surface area contributed by atoms with Crippen molar-refractivity contribution in [3.63, 3.8) is 0 Å². The number of hydrogen-bond acceptors (Lipinski definition) is 5. The maximum Gasteiger partial charge on any atom is 0.164 e. The molecule has 6 nitrogen and oxygen atoms in total. The fourth-order valence-corrected chi connectivity index (χ4v) is 2.90. The molecule has 2 aliphatic heterocycles. The Bertz CT molecular complexity index is 415. The molecule has 0 aromatic carbocycles. The van der Waals surface area contributed by atoms with E-state index in [1.807, 2.05) is 11.0 Å². The molecule has 3 rings (SSSR count). The van der Waals surface area contributed by atoms with E-state index in [0.717, 1.165) is 58.0 Å². The van der Waals surface area contributed by atoms with E-state index in [4.69, 9.17) is 9.47 Å². The van der Waals surface area contributed by atoms with Crippen molar-refractivity contribution < 1.29 is 9.47 Å². The van der Waals surface area contributed by atoms with E-state index in [1.54, 1.807) is 0 Å². The van der Waals surface area contributed by atoms with E-state index < -0.39 is 0 Å². The Hall–Kier alpha value is -0.980. The highest BCUT2D eigenvalue weighted by Gasteiger charge is 2.41. The van der Waals surface area contributed by atoms with Crippen molar-refractivity contribution in [3.8, 4) is 0 Å². The second-order valence-corrected chi connectivity index (χ2v) is 5.40. The lowest BCUT2D eigenvalue weighted by molar-refractivity contribution is -0.0963. The monoisotopic (exact) mass is 266 g/mol. The second-order valence-electron chi connectivity index (χ2n) is 5.40. The summed E-state index contributed by atoms with van der Waals surface area (Å²) >= 11 is 0. The smallest absolute Gasteiger partial charge is 0.164 e. The molecule has 2 unspecified atom stereocenters. The molecule has 2 atom stereocenters. The molecule has 19 heavy (non-hydrogen) atoms. The van der Waals surface area contributed by atoms with Crippen LogP contribution in [-0.4, -0.2) is 46.7 Å². The Morgan fingerprint density at radius 2 is 2.47 bits per heavy atom. The molecule has 1 aromatic heterocycles. The van der Waals surface area contributed by atoms with Gasteiger partial charge < -0.3 is 14.8 Å². The van der Waals surface area contributed by atoms with Crippen LogP contribution in [0.2, 0.25) is 0 Å². The highest BCUT2D eigenvalue weighted by atomic mass is 16.6. The zero-order valence-electron chi connectivity index (χ0n) is 11.5. The van der Waals surface area contributed by atoms with Crippen LogP contribution in [0.25, 0.3) is 0 Å². The number of aromatic nitrogens is 3. The standard InChI is InChI=1S/C13H22N4O2/c1-2-14-8-12-15-10-17(16-12)11-3-5-19-13(7-11)4-6-18-9-13/h10-11,14H,2-9H2,1H3. The molecule has 2 saturated heterocycles. The van der Waals surface area contributed by atoms with Crippen LogP contribution in [0, 0.1) is 0 Å². The van der Waals surface area contributed by atoms with E-state index in [2.05, 4.69) is 22.3 Å². The SMILES string of the molecule is CCNCc1ncn(C2CCOC3(CCOC3)C2)n1. The van der Waals surface area contributed by atoms with Gasteiger partial charge >= 0.3 is 0 Å². The number of nitrogens with zero attached hydrogens (tertiary/aromatic N) is 3. The first-order chi connectivity index (χ1) is 9.31. The summed E-state index contributed by atoms with van der Waals surface area (Å²) in [5.41, 5.74) is -0.0727. The molecule has 0 radical (unpaired) electrons. The molecule has 0 saturated carbocycles.